The van der Waals surface area contributed by atoms with Gasteiger partial charge in [-0.25, -0.2) is 4.79 Å². The van der Waals surface area contributed by atoms with Gasteiger partial charge in [-0.05, 0) is 24.6 Å². The molecule has 0 heterocycles. The minimum atomic E-state index is -1.12. The largest absolute Gasteiger partial charge is 0.481 e. The van der Waals surface area contributed by atoms with Crippen molar-refractivity contribution in [1.29, 1.82) is 0 Å². The predicted molar refractivity (Wildman–Crippen MR) is 74.6 cm³/mol. The number of hydrogen-bond donors (Lipinski definition) is 2. The molecule has 0 radical (unpaired) electrons. The van der Waals surface area contributed by atoms with Crippen molar-refractivity contribution in [3.05, 3.63) is 29.3 Å². The van der Waals surface area contributed by atoms with Crippen LogP contribution >= 0.6 is 0 Å². The lowest BCUT2D eigenvalue weighted by Gasteiger charge is -2.24. The Labute approximate surface area is 121 Å². The smallest absolute Gasteiger partial charge is 0.335 e. The fourth-order valence-corrected chi connectivity index (χ4v) is 1.82. The summed E-state index contributed by atoms with van der Waals surface area (Å²) in [6, 6.07) is 4.36. The first-order chi connectivity index (χ1) is 9.86. The van der Waals surface area contributed by atoms with Crippen molar-refractivity contribution in [2.75, 3.05) is 25.2 Å². The molecule has 2 N–H and O–H groups in total. The Kier molecular flexibility index (Phi) is 5.86. The monoisotopic (exact) mass is 295 g/mol. The molecule has 0 fully saturated rings. The van der Waals surface area contributed by atoms with Crippen LogP contribution < -0.4 is 4.90 Å². The van der Waals surface area contributed by atoms with Gasteiger partial charge in [0.2, 0.25) is 0 Å². The summed E-state index contributed by atoms with van der Waals surface area (Å²) < 4.78 is 4.78. The van der Waals surface area contributed by atoms with Gasteiger partial charge in [-0.1, -0.05) is 6.07 Å². The van der Waals surface area contributed by atoms with Gasteiger partial charge in [0.15, 0.2) is 0 Å². The van der Waals surface area contributed by atoms with E-state index in [0.29, 0.717) is 11.3 Å². The molecule has 0 bridgehead atoms. The molecule has 0 aliphatic heterocycles. The Bertz CT molecular complexity index is 554. The molecule has 0 aromatic heterocycles. The molecule has 0 saturated heterocycles. The Morgan fingerprint density at radius 3 is 2.43 bits per heavy atom. The minimum absolute atomic E-state index is 0.0288. The van der Waals surface area contributed by atoms with Crippen molar-refractivity contribution >= 4 is 23.5 Å². The maximum atomic E-state index is 12.1. The van der Waals surface area contributed by atoms with E-state index in [-0.39, 0.29) is 25.1 Å². The van der Waals surface area contributed by atoms with Gasteiger partial charge in [0, 0.05) is 19.3 Å². The van der Waals surface area contributed by atoms with E-state index in [9.17, 15) is 14.4 Å². The highest BCUT2D eigenvalue weighted by Crippen LogP contribution is 2.22. The van der Waals surface area contributed by atoms with Crippen LogP contribution in [0.5, 0.6) is 0 Å². The summed E-state index contributed by atoms with van der Waals surface area (Å²) in [4.78, 5) is 35.0. The van der Waals surface area contributed by atoms with Gasteiger partial charge in [-0.15, -0.1) is 0 Å². The number of aryl methyl sites for hydroxylation is 1. The second-order valence-corrected chi connectivity index (χ2v) is 4.43. The van der Waals surface area contributed by atoms with Gasteiger partial charge in [-0.2, -0.15) is 0 Å². The first-order valence-electron chi connectivity index (χ1n) is 6.22. The van der Waals surface area contributed by atoms with Crippen LogP contribution in [0, 0.1) is 6.92 Å². The fraction of sp³-hybridized carbons (Fsp3) is 0.357. The molecule has 0 saturated carbocycles. The number of aromatic carboxylic acids is 1. The van der Waals surface area contributed by atoms with Crippen LogP contribution in [0.4, 0.5) is 5.69 Å². The highest BCUT2D eigenvalue weighted by Gasteiger charge is 2.19. The number of anilines is 1. The number of ether oxygens (including phenoxy) is 1. The molecule has 1 rings (SSSR count). The Hall–Kier alpha value is -2.41. The Balaban J connectivity index is 3.17. The van der Waals surface area contributed by atoms with Crippen LogP contribution in [0.2, 0.25) is 0 Å². The van der Waals surface area contributed by atoms with Gasteiger partial charge >= 0.3 is 11.9 Å². The normalized spacial score (nSPS) is 10.2. The van der Waals surface area contributed by atoms with Gasteiger partial charge < -0.3 is 19.8 Å². The van der Waals surface area contributed by atoms with Crippen LogP contribution in [0.25, 0.3) is 0 Å². The summed E-state index contributed by atoms with van der Waals surface area (Å²) in [5.41, 5.74) is 1.08. The number of aliphatic carboxylic acids is 1. The van der Waals surface area contributed by atoms with E-state index in [4.69, 9.17) is 14.9 Å². The van der Waals surface area contributed by atoms with E-state index in [1.807, 2.05) is 0 Å². The van der Waals surface area contributed by atoms with Crippen LogP contribution in [0.3, 0.4) is 0 Å². The fourth-order valence-electron chi connectivity index (χ4n) is 1.82. The van der Waals surface area contributed by atoms with E-state index in [0.717, 1.165) is 0 Å². The minimum Gasteiger partial charge on any atom is -0.481 e. The zero-order chi connectivity index (χ0) is 16.0. The summed E-state index contributed by atoms with van der Waals surface area (Å²) in [6.45, 7) is 1.45. The van der Waals surface area contributed by atoms with Crippen LogP contribution in [0.15, 0.2) is 18.2 Å². The molecule has 0 aliphatic rings. The molecule has 0 spiro atoms. The van der Waals surface area contributed by atoms with Gasteiger partial charge in [0.05, 0.1) is 12.0 Å². The van der Waals surface area contributed by atoms with E-state index in [1.165, 1.54) is 24.1 Å². The highest BCUT2D eigenvalue weighted by atomic mass is 16.5. The average molecular weight is 295 g/mol. The number of benzene rings is 1. The molecule has 1 aromatic carbocycles. The number of carbonyl (C=O) groups excluding carboxylic acids is 1. The van der Waals surface area contributed by atoms with Crippen molar-refractivity contribution in [2.45, 2.75) is 13.3 Å². The molecule has 0 atom stereocenters. The van der Waals surface area contributed by atoms with Crippen LogP contribution in [-0.2, 0) is 14.3 Å². The first-order valence-corrected chi connectivity index (χ1v) is 6.22. The number of carboxylic acids is 2. The molecular formula is C14H17NO6. The quantitative estimate of drug-likeness (QED) is 0.782. The molecule has 1 aromatic rings. The lowest BCUT2D eigenvalue weighted by atomic mass is 10.1. The molecule has 0 aliphatic carbocycles. The number of carbonyl (C=O) groups is 3. The summed E-state index contributed by atoms with van der Waals surface area (Å²) in [6.07, 6.45) is -0.244. The first kappa shape index (κ1) is 16.6. The van der Waals surface area contributed by atoms with Crippen molar-refractivity contribution in [2.24, 2.45) is 0 Å². The average Bonchev–Trinajstić information content (AvgIpc) is 2.40. The van der Waals surface area contributed by atoms with Crippen LogP contribution in [0.1, 0.15) is 22.3 Å². The Morgan fingerprint density at radius 1 is 1.24 bits per heavy atom. The highest BCUT2D eigenvalue weighted by molar-refractivity contribution is 5.97. The van der Waals surface area contributed by atoms with Crippen LogP contribution in [-0.4, -0.2) is 48.3 Å². The van der Waals surface area contributed by atoms with E-state index >= 15 is 0 Å². The van der Waals surface area contributed by atoms with E-state index < -0.39 is 17.8 Å². The van der Waals surface area contributed by atoms with E-state index in [2.05, 4.69) is 0 Å². The second-order valence-electron chi connectivity index (χ2n) is 4.43. The number of amides is 1. The molecule has 7 heteroatoms. The van der Waals surface area contributed by atoms with Crippen molar-refractivity contribution in [3.8, 4) is 0 Å². The zero-order valence-corrected chi connectivity index (χ0v) is 11.8. The van der Waals surface area contributed by atoms with Gasteiger partial charge in [0.25, 0.3) is 5.91 Å². The lowest BCUT2D eigenvalue weighted by molar-refractivity contribution is -0.136. The lowest BCUT2D eigenvalue weighted by Crippen LogP contribution is -2.36. The SMILES string of the molecule is COCC(=O)N(CCC(=O)O)c1cc(C(=O)O)ccc1C. The van der Waals surface area contributed by atoms with E-state index in [1.54, 1.807) is 13.0 Å². The third-order valence-corrected chi connectivity index (χ3v) is 2.87. The van der Waals surface area contributed by atoms with Crippen molar-refractivity contribution < 1.29 is 29.3 Å². The molecule has 1 amide bonds. The van der Waals surface area contributed by atoms with Gasteiger partial charge in [-0.3, -0.25) is 9.59 Å². The zero-order valence-electron chi connectivity index (χ0n) is 11.8. The standard InChI is InChI=1S/C14H17NO6/c1-9-3-4-10(14(19)20)7-11(9)15(6-5-13(17)18)12(16)8-21-2/h3-4,7H,5-6,8H2,1-2H3,(H,17,18)(H,19,20). The number of rotatable bonds is 7. The molecule has 0 unspecified atom stereocenters. The van der Waals surface area contributed by atoms with Gasteiger partial charge in [0.1, 0.15) is 6.61 Å². The number of methoxy groups -OCH3 is 1. The predicted octanol–water partition coefficient (Wildman–Crippen LogP) is 1.15. The molecular weight excluding hydrogens is 278 g/mol. The maximum absolute atomic E-state index is 12.1. The van der Waals surface area contributed by atoms with Crippen molar-refractivity contribution in [1.82, 2.24) is 0 Å². The topological polar surface area (TPSA) is 104 Å². The third kappa shape index (κ3) is 4.57. The number of nitrogens with zero attached hydrogens (tertiary/aromatic N) is 1. The summed E-state index contributed by atoms with van der Waals surface area (Å²) in [5, 5.41) is 17.8. The molecule has 21 heavy (non-hydrogen) atoms. The number of carboxylic acid groups (broad SMARTS) is 2. The maximum Gasteiger partial charge on any atom is 0.335 e. The van der Waals surface area contributed by atoms with Crippen molar-refractivity contribution in [3.63, 3.8) is 0 Å². The Morgan fingerprint density at radius 2 is 1.90 bits per heavy atom. The number of hydrogen-bond acceptors (Lipinski definition) is 4. The molecule has 7 nitrogen and oxygen atoms in total. The molecule has 114 valence electrons. The summed E-state index contributed by atoms with van der Waals surface area (Å²) >= 11 is 0. The second kappa shape index (κ2) is 7.39. The third-order valence-electron chi connectivity index (χ3n) is 2.87. The summed E-state index contributed by atoms with van der Waals surface area (Å²) in [7, 11) is 1.35. The summed E-state index contributed by atoms with van der Waals surface area (Å²) in [5.74, 6) is -2.59.